The van der Waals surface area contributed by atoms with Gasteiger partial charge in [0.2, 0.25) is 0 Å². The van der Waals surface area contributed by atoms with E-state index in [-0.39, 0.29) is 5.91 Å². The molecule has 0 spiro atoms. The highest BCUT2D eigenvalue weighted by Crippen LogP contribution is 2.14. The molecular weight excluding hydrogens is 258 g/mol. The maximum atomic E-state index is 11.9. The van der Waals surface area contributed by atoms with Crippen molar-refractivity contribution in [3.05, 3.63) is 46.5 Å². The van der Waals surface area contributed by atoms with Crippen LogP contribution in [0, 0.1) is 6.92 Å². The van der Waals surface area contributed by atoms with E-state index >= 15 is 0 Å². The van der Waals surface area contributed by atoms with E-state index in [1.807, 2.05) is 43.6 Å². The minimum absolute atomic E-state index is 0.0379. The van der Waals surface area contributed by atoms with E-state index < -0.39 is 0 Å². The van der Waals surface area contributed by atoms with Crippen LogP contribution in [0.2, 0.25) is 0 Å². The summed E-state index contributed by atoms with van der Waals surface area (Å²) in [6, 6.07) is 7.56. The number of carbonyl (C=O) groups is 1. The normalized spacial score (nSPS) is 10.2. The van der Waals surface area contributed by atoms with Gasteiger partial charge in [0.1, 0.15) is 0 Å². The predicted molar refractivity (Wildman–Crippen MR) is 78.9 cm³/mol. The highest BCUT2D eigenvalue weighted by atomic mass is 32.1. The van der Waals surface area contributed by atoms with E-state index in [9.17, 15) is 4.79 Å². The highest BCUT2D eigenvalue weighted by Gasteiger charge is 2.05. The monoisotopic (exact) mass is 275 g/mol. The van der Waals surface area contributed by atoms with Gasteiger partial charge in [-0.15, -0.1) is 11.3 Å². The number of amides is 1. The molecule has 0 aliphatic carbocycles. The van der Waals surface area contributed by atoms with Crippen molar-refractivity contribution in [2.45, 2.75) is 13.3 Å². The van der Waals surface area contributed by atoms with E-state index in [1.165, 1.54) is 0 Å². The molecule has 0 aliphatic heterocycles. The summed E-state index contributed by atoms with van der Waals surface area (Å²) in [4.78, 5) is 16.2. The third-order valence-electron chi connectivity index (χ3n) is 2.75. The zero-order valence-electron chi connectivity index (χ0n) is 11.1. The molecule has 0 fully saturated rings. The second kappa shape index (κ2) is 6.33. The first-order valence-electron chi connectivity index (χ1n) is 6.16. The lowest BCUT2D eigenvalue weighted by Gasteiger charge is -2.04. The molecule has 0 aliphatic rings. The molecule has 0 atom stereocenters. The lowest BCUT2D eigenvalue weighted by atomic mass is 10.1. The fourth-order valence-electron chi connectivity index (χ4n) is 1.65. The van der Waals surface area contributed by atoms with Crippen molar-refractivity contribution in [3.8, 4) is 0 Å². The van der Waals surface area contributed by atoms with Gasteiger partial charge < -0.3 is 10.6 Å². The largest absolute Gasteiger partial charge is 0.365 e. The van der Waals surface area contributed by atoms with Crippen LogP contribution in [0.1, 0.15) is 21.6 Å². The molecule has 0 bridgehead atoms. The van der Waals surface area contributed by atoms with Gasteiger partial charge in [-0.3, -0.25) is 4.79 Å². The van der Waals surface area contributed by atoms with Crippen molar-refractivity contribution in [1.29, 1.82) is 0 Å². The standard InChI is InChI=1S/C14H17N3OS/c1-10-3-5-11(6-4-10)13(18)16-8-7-12-9-19-14(15-2)17-12/h3-6,9H,7-8H2,1-2H3,(H,15,17)(H,16,18). The molecule has 2 aromatic rings. The summed E-state index contributed by atoms with van der Waals surface area (Å²) in [5.41, 5.74) is 2.84. The SMILES string of the molecule is CNc1nc(CCNC(=O)c2ccc(C)cc2)cs1. The average Bonchev–Trinajstić information content (AvgIpc) is 2.87. The van der Waals surface area contributed by atoms with E-state index in [4.69, 9.17) is 0 Å². The Labute approximate surface area is 116 Å². The third-order valence-corrected chi connectivity index (χ3v) is 3.65. The van der Waals surface area contributed by atoms with E-state index in [0.29, 0.717) is 12.1 Å². The summed E-state index contributed by atoms with van der Waals surface area (Å²) in [6.45, 7) is 2.60. The Kier molecular flexibility index (Phi) is 4.52. The highest BCUT2D eigenvalue weighted by molar-refractivity contribution is 7.13. The molecule has 100 valence electrons. The van der Waals surface area contributed by atoms with E-state index in [1.54, 1.807) is 11.3 Å². The lowest BCUT2D eigenvalue weighted by molar-refractivity contribution is 0.0954. The number of anilines is 1. The van der Waals surface area contributed by atoms with Crippen LogP contribution >= 0.6 is 11.3 Å². The van der Waals surface area contributed by atoms with Gasteiger partial charge in [-0.2, -0.15) is 0 Å². The number of nitrogens with zero attached hydrogens (tertiary/aromatic N) is 1. The van der Waals surface area contributed by atoms with Crippen LogP contribution in [0.15, 0.2) is 29.6 Å². The van der Waals surface area contributed by atoms with E-state index in [0.717, 1.165) is 22.8 Å². The molecule has 5 heteroatoms. The van der Waals surface area contributed by atoms with Gasteiger partial charge in [-0.25, -0.2) is 4.98 Å². The number of benzene rings is 1. The van der Waals surface area contributed by atoms with Crippen molar-refractivity contribution >= 4 is 22.4 Å². The Balaban J connectivity index is 1.82. The number of carbonyl (C=O) groups excluding carboxylic acids is 1. The molecule has 0 saturated carbocycles. The maximum Gasteiger partial charge on any atom is 0.251 e. The van der Waals surface area contributed by atoms with Crippen molar-refractivity contribution in [2.75, 3.05) is 18.9 Å². The summed E-state index contributed by atoms with van der Waals surface area (Å²) in [5.74, 6) is -0.0379. The molecule has 19 heavy (non-hydrogen) atoms. The van der Waals surface area contributed by atoms with Gasteiger partial charge in [0.25, 0.3) is 5.91 Å². The molecule has 2 rings (SSSR count). The van der Waals surface area contributed by atoms with Crippen LogP contribution in [0.5, 0.6) is 0 Å². The lowest BCUT2D eigenvalue weighted by Crippen LogP contribution is -2.25. The van der Waals surface area contributed by atoms with Crippen LogP contribution in [0.4, 0.5) is 5.13 Å². The van der Waals surface area contributed by atoms with Crippen LogP contribution in [0.25, 0.3) is 0 Å². The molecule has 1 amide bonds. The van der Waals surface area contributed by atoms with Crippen LogP contribution < -0.4 is 10.6 Å². The van der Waals surface area contributed by atoms with Crippen molar-refractivity contribution < 1.29 is 4.79 Å². The number of hydrogen-bond donors (Lipinski definition) is 2. The number of aryl methyl sites for hydroxylation is 1. The molecule has 1 heterocycles. The van der Waals surface area contributed by atoms with Gasteiger partial charge in [-0.05, 0) is 19.1 Å². The molecule has 2 N–H and O–H groups in total. The minimum Gasteiger partial charge on any atom is -0.365 e. The Hall–Kier alpha value is -1.88. The summed E-state index contributed by atoms with van der Waals surface area (Å²) in [5, 5.41) is 8.80. The third kappa shape index (κ3) is 3.79. The fourth-order valence-corrected chi connectivity index (χ4v) is 2.35. The summed E-state index contributed by atoms with van der Waals surface area (Å²) >= 11 is 1.57. The van der Waals surface area contributed by atoms with Gasteiger partial charge in [0.05, 0.1) is 5.69 Å². The second-order valence-electron chi connectivity index (χ2n) is 4.27. The van der Waals surface area contributed by atoms with Crippen molar-refractivity contribution in [1.82, 2.24) is 10.3 Å². The average molecular weight is 275 g/mol. The maximum absolute atomic E-state index is 11.9. The number of rotatable bonds is 5. The van der Waals surface area contributed by atoms with Gasteiger partial charge >= 0.3 is 0 Å². The van der Waals surface area contributed by atoms with Gasteiger partial charge in [-0.1, -0.05) is 17.7 Å². The first-order chi connectivity index (χ1) is 9.19. The number of thiazole rings is 1. The molecule has 0 saturated heterocycles. The molecule has 1 aromatic carbocycles. The fraction of sp³-hybridized carbons (Fsp3) is 0.286. The zero-order valence-corrected chi connectivity index (χ0v) is 11.9. The molecule has 0 unspecified atom stereocenters. The predicted octanol–water partition coefficient (Wildman–Crippen LogP) is 2.47. The quantitative estimate of drug-likeness (QED) is 0.881. The number of nitrogens with one attached hydrogen (secondary N) is 2. The minimum atomic E-state index is -0.0379. The Morgan fingerprint density at radius 2 is 2.05 bits per heavy atom. The van der Waals surface area contributed by atoms with Gasteiger partial charge in [0, 0.05) is 31.0 Å². The first-order valence-corrected chi connectivity index (χ1v) is 7.04. The Morgan fingerprint density at radius 3 is 2.68 bits per heavy atom. The first kappa shape index (κ1) is 13.5. The Morgan fingerprint density at radius 1 is 1.32 bits per heavy atom. The van der Waals surface area contributed by atoms with Crippen LogP contribution in [0.3, 0.4) is 0 Å². The molecular formula is C14H17N3OS. The zero-order chi connectivity index (χ0) is 13.7. The number of hydrogen-bond acceptors (Lipinski definition) is 4. The van der Waals surface area contributed by atoms with Crippen molar-refractivity contribution in [2.24, 2.45) is 0 Å². The van der Waals surface area contributed by atoms with Crippen molar-refractivity contribution in [3.63, 3.8) is 0 Å². The number of aromatic nitrogens is 1. The summed E-state index contributed by atoms with van der Waals surface area (Å²) < 4.78 is 0. The molecule has 4 nitrogen and oxygen atoms in total. The van der Waals surface area contributed by atoms with Crippen LogP contribution in [-0.2, 0) is 6.42 Å². The van der Waals surface area contributed by atoms with Gasteiger partial charge in [0.15, 0.2) is 5.13 Å². The second-order valence-corrected chi connectivity index (χ2v) is 5.12. The Bertz CT molecular complexity index is 548. The smallest absolute Gasteiger partial charge is 0.251 e. The van der Waals surface area contributed by atoms with E-state index in [2.05, 4.69) is 15.6 Å². The van der Waals surface area contributed by atoms with Crippen LogP contribution in [-0.4, -0.2) is 24.5 Å². The topological polar surface area (TPSA) is 54.0 Å². The summed E-state index contributed by atoms with van der Waals surface area (Å²) in [6.07, 6.45) is 0.746. The molecule has 1 aromatic heterocycles. The summed E-state index contributed by atoms with van der Waals surface area (Å²) in [7, 11) is 1.85. The molecule has 0 radical (unpaired) electrons.